The molecule has 1 aromatic carbocycles. The second-order valence-electron chi connectivity index (χ2n) is 5.19. The lowest BCUT2D eigenvalue weighted by Crippen LogP contribution is -2.32. The van der Waals surface area contributed by atoms with E-state index in [1.807, 2.05) is 26.8 Å². The summed E-state index contributed by atoms with van der Waals surface area (Å²) in [4.78, 5) is 13.2. The maximum atomic E-state index is 11.4. The molecule has 1 saturated heterocycles. The molecule has 0 radical (unpaired) electrons. The van der Waals surface area contributed by atoms with Crippen molar-refractivity contribution >= 4 is 12.2 Å². The third-order valence-electron chi connectivity index (χ3n) is 3.70. The van der Waals surface area contributed by atoms with Crippen LogP contribution >= 0.6 is 0 Å². The number of benzene rings is 1. The van der Waals surface area contributed by atoms with Gasteiger partial charge in [0.1, 0.15) is 12.4 Å². The number of carbonyl (C=O) groups is 1. The molecule has 2 N–H and O–H groups in total. The van der Waals surface area contributed by atoms with Crippen molar-refractivity contribution in [2.24, 2.45) is 5.16 Å². The first-order valence-corrected chi connectivity index (χ1v) is 6.98. The highest BCUT2D eigenvalue weighted by Gasteiger charge is 2.19. The van der Waals surface area contributed by atoms with E-state index in [1.165, 1.54) is 6.21 Å². The summed E-state index contributed by atoms with van der Waals surface area (Å²) in [5.41, 5.74) is 3.87. The summed E-state index contributed by atoms with van der Waals surface area (Å²) >= 11 is 0. The van der Waals surface area contributed by atoms with Crippen molar-refractivity contribution in [3.63, 3.8) is 0 Å². The molecule has 1 aliphatic heterocycles. The van der Waals surface area contributed by atoms with Crippen molar-refractivity contribution in [1.29, 1.82) is 0 Å². The van der Waals surface area contributed by atoms with Gasteiger partial charge in [0.05, 0.1) is 12.8 Å². The van der Waals surface area contributed by atoms with Gasteiger partial charge in [-0.3, -0.25) is 0 Å². The number of hydrogen-bond donors (Lipinski definition) is 2. The summed E-state index contributed by atoms with van der Waals surface area (Å²) in [5, 5.41) is 14.6. The van der Waals surface area contributed by atoms with E-state index < -0.39 is 0 Å². The molecule has 0 aliphatic carbocycles. The zero-order valence-corrected chi connectivity index (χ0v) is 12.6. The van der Waals surface area contributed by atoms with Crippen molar-refractivity contribution in [2.75, 3.05) is 26.2 Å². The number of ether oxygens (including phenoxy) is 1. The number of amides is 2. The van der Waals surface area contributed by atoms with Gasteiger partial charge < -0.3 is 20.2 Å². The van der Waals surface area contributed by atoms with E-state index in [0.29, 0.717) is 19.7 Å². The Labute approximate surface area is 124 Å². The van der Waals surface area contributed by atoms with Crippen molar-refractivity contribution < 1.29 is 14.7 Å². The Morgan fingerprint density at radius 3 is 2.81 bits per heavy atom. The number of rotatable bonds is 5. The lowest BCUT2D eigenvalue weighted by atomic mass is 9.99. The third kappa shape index (κ3) is 3.26. The minimum atomic E-state index is -0.0379. The van der Waals surface area contributed by atoms with Gasteiger partial charge in [-0.05, 0) is 31.9 Å². The molecule has 2 amide bonds. The third-order valence-corrected chi connectivity index (χ3v) is 3.70. The van der Waals surface area contributed by atoms with E-state index in [9.17, 15) is 4.79 Å². The molecule has 1 aliphatic rings. The number of nitrogens with zero attached hydrogens (tertiary/aromatic N) is 2. The number of aryl methyl sites for hydroxylation is 2. The lowest BCUT2D eigenvalue weighted by molar-refractivity contribution is 0.202. The van der Waals surface area contributed by atoms with E-state index in [1.54, 1.807) is 4.90 Å². The Bertz CT molecular complexity index is 570. The SMILES string of the molecule is Cc1cc(C)c(OCCN2CCNC2=O)c(C)c1/C=N/O. The van der Waals surface area contributed by atoms with Crippen LogP contribution < -0.4 is 10.1 Å². The molecule has 0 spiro atoms. The second-order valence-corrected chi connectivity index (χ2v) is 5.19. The van der Waals surface area contributed by atoms with Crippen LogP contribution in [0.5, 0.6) is 5.75 Å². The summed E-state index contributed by atoms with van der Waals surface area (Å²) in [6.07, 6.45) is 1.42. The van der Waals surface area contributed by atoms with Gasteiger partial charge in [-0.1, -0.05) is 11.2 Å². The molecule has 6 heteroatoms. The highest BCUT2D eigenvalue weighted by molar-refractivity contribution is 5.85. The quantitative estimate of drug-likeness (QED) is 0.494. The molecule has 0 aromatic heterocycles. The van der Waals surface area contributed by atoms with Gasteiger partial charge in [0, 0.05) is 24.2 Å². The molecule has 21 heavy (non-hydrogen) atoms. The monoisotopic (exact) mass is 291 g/mol. The van der Waals surface area contributed by atoms with Crippen LogP contribution in [0.3, 0.4) is 0 Å². The molecule has 114 valence electrons. The Hall–Kier alpha value is -2.24. The molecular formula is C15H21N3O3. The fourth-order valence-electron chi connectivity index (χ4n) is 2.64. The van der Waals surface area contributed by atoms with Crippen LogP contribution in [0.1, 0.15) is 22.3 Å². The predicted octanol–water partition coefficient (Wildman–Crippen LogP) is 1.82. The fourth-order valence-corrected chi connectivity index (χ4v) is 2.64. The molecular weight excluding hydrogens is 270 g/mol. The molecule has 1 fully saturated rings. The van der Waals surface area contributed by atoms with Crippen LogP contribution in [-0.4, -0.2) is 48.6 Å². The van der Waals surface area contributed by atoms with E-state index in [-0.39, 0.29) is 6.03 Å². The normalized spacial score (nSPS) is 14.8. The van der Waals surface area contributed by atoms with Crippen molar-refractivity contribution in [3.8, 4) is 5.75 Å². The van der Waals surface area contributed by atoms with Gasteiger partial charge in [-0.2, -0.15) is 0 Å². The topological polar surface area (TPSA) is 74.2 Å². The molecule has 1 heterocycles. The number of hydrogen-bond acceptors (Lipinski definition) is 4. The first-order valence-electron chi connectivity index (χ1n) is 6.98. The molecule has 0 unspecified atom stereocenters. The summed E-state index contributed by atoms with van der Waals surface area (Å²) in [5.74, 6) is 0.787. The predicted molar refractivity (Wildman–Crippen MR) is 80.5 cm³/mol. The van der Waals surface area contributed by atoms with Crippen molar-refractivity contribution in [3.05, 3.63) is 28.3 Å². The van der Waals surface area contributed by atoms with Crippen LogP contribution in [0.25, 0.3) is 0 Å². The van der Waals surface area contributed by atoms with Gasteiger partial charge in [-0.25, -0.2) is 4.79 Å². The first-order chi connectivity index (χ1) is 10.0. The van der Waals surface area contributed by atoms with E-state index >= 15 is 0 Å². The van der Waals surface area contributed by atoms with Crippen LogP contribution in [-0.2, 0) is 0 Å². The minimum Gasteiger partial charge on any atom is -0.491 e. The number of nitrogens with one attached hydrogen (secondary N) is 1. The average Bonchev–Trinajstić information content (AvgIpc) is 2.84. The van der Waals surface area contributed by atoms with Crippen LogP contribution in [0, 0.1) is 20.8 Å². The minimum absolute atomic E-state index is 0.0379. The van der Waals surface area contributed by atoms with Gasteiger partial charge in [-0.15, -0.1) is 0 Å². The maximum absolute atomic E-state index is 11.4. The van der Waals surface area contributed by atoms with Crippen LogP contribution in [0.15, 0.2) is 11.2 Å². The van der Waals surface area contributed by atoms with Gasteiger partial charge in [0.2, 0.25) is 0 Å². The van der Waals surface area contributed by atoms with E-state index in [4.69, 9.17) is 9.94 Å². The first kappa shape index (κ1) is 15.2. The summed E-state index contributed by atoms with van der Waals surface area (Å²) in [7, 11) is 0. The summed E-state index contributed by atoms with van der Waals surface area (Å²) in [6.45, 7) is 8.30. The molecule has 0 bridgehead atoms. The number of urea groups is 1. The number of oxime groups is 1. The average molecular weight is 291 g/mol. The van der Waals surface area contributed by atoms with Crippen LogP contribution in [0.4, 0.5) is 4.79 Å². The molecule has 2 rings (SSSR count). The molecule has 0 atom stereocenters. The lowest BCUT2D eigenvalue weighted by Gasteiger charge is -2.18. The Kier molecular flexibility index (Phi) is 4.67. The van der Waals surface area contributed by atoms with Crippen molar-refractivity contribution in [1.82, 2.24) is 10.2 Å². The van der Waals surface area contributed by atoms with E-state index in [0.717, 1.165) is 34.5 Å². The highest BCUT2D eigenvalue weighted by Crippen LogP contribution is 2.28. The van der Waals surface area contributed by atoms with E-state index in [2.05, 4.69) is 10.5 Å². The summed E-state index contributed by atoms with van der Waals surface area (Å²) < 4.78 is 5.85. The zero-order chi connectivity index (χ0) is 15.4. The fraction of sp³-hybridized carbons (Fsp3) is 0.467. The Balaban J connectivity index is 2.09. The molecule has 0 saturated carbocycles. The Morgan fingerprint density at radius 1 is 1.43 bits per heavy atom. The van der Waals surface area contributed by atoms with Gasteiger partial charge >= 0.3 is 6.03 Å². The smallest absolute Gasteiger partial charge is 0.317 e. The summed E-state index contributed by atoms with van der Waals surface area (Å²) in [6, 6.07) is 1.96. The standard InChI is InChI=1S/C15H21N3O3/c1-10-8-11(2)14(12(3)13(10)9-17-20)21-7-6-18-5-4-16-15(18)19/h8-9,20H,4-7H2,1-3H3,(H,16,19)/b17-9+. The zero-order valence-electron chi connectivity index (χ0n) is 12.6. The number of carbonyl (C=O) groups excluding carboxylic acids is 1. The largest absolute Gasteiger partial charge is 0.491 e. The maximum Gasteiger partial charge on any atom is 0.317 e. The van der Waals surface area contributed by atoms with Crippen molar-refractivity contribution in [2.45, 2.75) is 20.8 Å². The van der Waals surface area contributed by atoms with Crippen LogP contribution in [0.2, 0.25) is 0 Å². The molecule has 6 nitrogen and oxygen atoms in total. The highest BCUT2D eigenvalue weighted by atomic mass is 16.5. The van der Waals surface area contributed by atoms with Gasteiger partial charge in [0.25, 0.3) is 0 Å². The second kappa shape index (κ2) is 6.47. The Morgan fingerprint density at radius 2 is 2.19 bits per heavy atom. The van der Waals surface area contributed by atoms with Gasteiger partial charge in [0.15, 0.2) is 0 Å². The molecule has 1 aromatic rings.